The van der Waals surface area contributed by atoms with Crippen molar-refractivity contribution in [3.63, 3.8) is 0 Å². The number of hydrogen-bond acceptors (Lipinski definition) is 5. The van der Waals surface area contributed by atoms with E-state index in [1.807, 2.05) is 42.5 Å². The van der Waals surface area contributed by atoms with Crippen molar-refractivity contribution in [2.45, 2.75) is 6.42 Å². The molecule has 0 unspecified atom stereocenters. The number of ether oxygens (including phenoxy) is 3. The van der Waals surface area contributed by atoms with E-state index >= 15 is 0 Å². The number of aromatic hydroxyl groups is 1. The molecular formula is C22H25NO5. The Bertz CT molecular complexity index is 810. The zero-order chi connectivity index (χ0) is 19.8. The molecule has 1 fully saturated rings. The number of carbonyl (C=O) groups excluding carboxylic acids is 1. The van der Waals surface area contributed by atoms with Gasteiger partial charge >= 0.3 is 0 Å². The van der Waals surface area contributed by atoms with Crippen molar-refractivity contribution in [3.05, 3.63) is 59.7 Å². The highest BCUT2D eigenvalue weighted by Gasteiger charge is 2.16. The molecule has 1 amide bonds. The molecule has 0 aliphatic carbocycles. The van der Waals surface area contributed by atoms with Crippen LogP contribution in [0.25, 0.3) is 6.08 Å². The van der Waals surface area contributed by atoms with Crippen molar-refractivity contribution in [2.75, 3.05) is 40.0 Å². The Labute approximate surface area is 164 Å². The number of hydrogen-bond donors (Lipinski definition) is 1. The summed E-state index contributed by atoms with van der Waals surface area (Å²) in [4.78, 5) is 13.9. The Hall–Kier alpha value is -2.99. The molecule has 1 saturated heterocycles. The quantitative estimate of drug-likeness (QED) is 0.796. The number of benzene rings is 2. The summed E-state index contributed by atoms with van der Waals surface area (Å²) in [5.74, 6) is 1.24. The zero-order valence-electron chi connectivity index (χ0n) is 16.0. The molecule has 6 heteroatoms. The lowest BCUT2D eigenvalue weighted by molar-refractivity contribution is -0.137. The zero-order valence-corrected chi connectivity index (χ0v) is 16.0. The second kappa shape index (κ2) is 9.80. The molecule has 1 aliphatic rings. The van der Waals surface area contributed by atoms with Crippen LogP contribution in [0.4, 0.5) is 0 Å². The first kappa shape index (κ1) is 19.8. The van der Waals surface area contributed by atoms with E-state index in [4.69, 9.17) is 14.2 Å². The highest BCUT2D eigenvalue weighted by molar-refractivity contribution is 5.77. The highest BCUT2D eigenvalue weighted by atomic mass is 16.5. The monoisotopic (exact) mass is 383 g/mol. The first-order valence-corrected chi connectivity index (χ1v) is 9.26. The van der Waals surface area contributed by atoms with E-state index in [2.05, 4.69) is 0 Å². The highest BCUT2D eigenvalue weighted by Crippen LogP contribution is 2.26. The SMILES string of the molecule is COc1ccc(/C=C/Cc2ccc(OCC(=O)N3CCOCC3)cc2)cc1O. The molecule has 0 aromatic heterocycles. The van der Waals surface area contributed by atoms with E-state index in [0.29, 0.717) is 37.8 Å². The van der Waals surface area contributed by atoms with Crippen molar-refractivity contribution in [1.82, 2.24) is 4.90 Å². The Morgan fingerprint density at radius 3 is 2.61 bits per heavy atom. The minimum Gasteiger partial charge on any atom is -0.504 e. The molecule has 0 spiro atoms. The van der Waals surface area contributed by atoms with Gasteiger partial charge in [-0.1, -0.05) is 30.4 Å². The minimum atomic E-state index is -0.0157. The van der Waals surface area contributed by atoms with E-state index < -0.39 is 0 Å². The molecule has 0 atom stereocenters. The lowest BCUT2D eigenvalue weighted by Crippen LogP contribution is -2.42. The maximum absolute atomic E-state index is 12.1. The van der Waals surface area contributed by atoms with Crippen molar-refractivity contribution in [2.24, 2.45) is 0 Å². The lowest BCUT2D eigenvalue weighted by Gasteiger charge is -2.26. The van der Waals surface area contributed by atoms with Crippen LogP contribution in [-0.4, -0.2) is 55.9 Å². The van der Waals surface area contributed by atoms with Crippen LogP contribution in [-0.2, 0) is 16.0 Å². The van der Waals surface area contributed by atoms with Crippen LogP contribution in [0.3, 0.4) is 0 Å². The van der Waals surface area contributed by atoms with Gasteiger partial charge < -0.3 is 24.2 Å². The number of carbonyl (C=O) groups is 1. The van der Waals surface area contributed by atoms with Crippen molar-refractivity contribution >= 4 is 12.0 Å². The van der Waals surface area contributed by atoms with Gasteiger partial charge in [-0.25, -0.2) is 0 Å². The van der Waals surface area contributed by atoms with E-state index in [1.54, 1.807) is 17.0 Å². The summed E-state index contributed by atoms with van der Waals surface area (Å²) in [7, 11) is 1.52. The number of methoxy groups -OCH3 is 1. The fourth-order valence-electron chi connectivity index (χ4n) is 2.91. The van der Waals surface area contributed by atoms with E-state index in [1.165, 1.54) is 7.11 Å². The van der Waals surface area contributed by atoms with Gasteiger partial charge in [-0.05, 0) is 41.8 Å². The molecule has 148 valence electrons. The standard InChI is InChI=1S/C22H25NO5/c1-26-21-10-7-18(15-20(21)24)4-2-3-17-5-8-19(9-6-17)28-16-22(25)23-11-13-27-14-12-23/h2,4-10,15,24H,3,11-14,16H2,1H3/b4-2+. The fourth-order valence-corrected chi connectivity index (χ4v) is 2.91. The Kier molecular flexibility index (Phi) is 6.92. The number of allylic oxidation sites excluding steroid dienone is 1. The number of rotatable bonds is 7. The van der Waals surface area contributed by atoms with E-state index in [-0.39, 0.29) is 18.3 Å². The van der Waals surface area contributed by atoms with Crippen LogP contribution in [0.15, 0.2) is 48.5 Å². The van der Waals surface area contributed by atoms with Crippen molar-refractivity contribution in [3.8, 4) is 17.2 Å². The number of phenolic OH excluding ortho intramolecular Hbond substituents is 1. The summed E-state index contributed by atoms with van der Waals surface area (Å²) in [6.07, 6.45) is 4.73. The molecule has 28 heavy (non-hydrogen) atoms. The van der Waals surface area contributed by atoms with E-state index in [0.717, 1.165) is 17.5 Å². The summed E-state index contributed by atoms with van der Waals surface area (Å²) >= 11 is 0. The van der Waals surface area contributed by atoms with Crippen molar-refractivity contribution in [1.29, 1.82) is 0 Å². The molecule has 0 radical (unpaired) electrons. The third-order valence-corrected chi connectivity index (χ3v) is 4.52. The van der Waals surface area contributed by atoms with Crippen LogP contribution in [0.5, 0.6) is 17.2 Å². The maximum atomic E-state index is 12.1. The predicted octanol–water partition coefficient (Wildman–Crippen LogP) is 2.89. The fraction of sp³-hybridized carbons (Fsp3) is 0.318. The van der Waals surface area contributed by atoms with Gasteiger partial charge in [0, 0.05) is 13.1 Å². The molecule has 1 N–H and O–H groups in total. The van der Waals surface area contributed by atoms with Gasteiger partial charge in [0.15, 0.2) is 18.1 Å². The number of morpholine rings is 1. The molecular weight excluding hydrogens is 358 g/mol. The van der Waals surface area contributed by atoms with Gasteiger partial charge in [0.05, 0.1) is 20.3 Å². The van der Waals surface area contributed by atoms with Gasteiger partial charge in [0.2, 0.25) is 0 Å². The second-order valence-electron chi connectivity index (χ2n) is 6.46. The largest absolute Gasteiger partial charge is 0.504 e. The number of phenols is 1. The Morgan fingerprint density at radius 1 is 1.18 bits per heavy atom. The van der Waals surface area contributed by atoms with Crippen LogP contribution >= 0.6 is 0 Å². The Balaban J connectivity index is 1.47. The molecule has 3 rings (SSSR count). The van der Waals surface area contributed by atoms with Gasteiger partial charge in [0.1, 0.15) is 5.75 Å². The summed E-state index contributed by atoms with van der Waals surface area (Å²) in [6.45, 7) is 2.47. The Morgan fingerprint density at radius 2 is 1.93 bits per heavy atom. The maximum Gasteiger partial charge on any atom is 0.260 e. The topological polar surface area (TPSA) is 68.2 Å². The van der Waals surface area contributed by atoms with Crippen LogP contribution in [0, 0.1) is 0 Å². The first-order chi connectivity index (χ1) is 13.7. The molecule has 1 heterocycles. The molecule has 2 aromatic rings. The molecule has 0 bridgehead atoms. The van der Waals surface area contributed by atoms with Gasteiger partial charge in [-0.2, -0.15) is 0 Å². The molecule has 2 aromatic carbocycles. The van der Waals surface area contributed by atoms with Crippen LogP contribution in [0.1, 0.15) is 11.1 Å². The average Bonchev–Trinajstić information content (AvgIpc) is 2.74. The third kappa shape index (κ3) is 5.50. The number of amides is 1. The summed E-state index contributed by atoms with van der Waals surface area (Å²) in [5.41, 5.74) is 2.03. The summed E-state index contributed by atoms with van der Waals surface area (Å²) in [5, 5.41) is 9.81. The lowest BCUT2D eigenvalue weighted by atomic mass is 10.1. The molecule has 6 nitrogen and oxygen atoms in total. The van der Waals surface area contributed by atoms with Crippen molar-refractivity contribution < 1.29 is 24.1 Å². The average molecular weight is 383 g/mol. The molecule has 0 saturated carbocycles. The normalized spacial score (nSPS) is 14.2. The van der Waals surface area contributed by atoms with Gasteiger partial charge in [0.25, 0.3) is 5.91 Å². The molecule has 1 aliphatic heterocycles. The third-order valence-electron chi connectivity index (χ3n) is 4.52. The van der Waals surface area contributed by atoms with Gasteiger partial charge in [-0.15, -0.1) is 0 Å². The van der Waals surface area contributed by atoms with Crippen LogP contribution < -0.4 is 9.47 Å². The second-order valence-corrected chi connectivity index (χ2v) is 6.46. The summed E-state index contributed by atoms with van der Waals surface area (Å²) in [6, 6.07) is 13.0. The minimum absolute atomic E-state index is 0.0157. The van der Waals surface area contributed by atoms with Crippen LogP contribution in [0.2, 0.25) is 0 Å². The predicted molar refractivity (Wildman–Crippen MR) is 107 cm³/mol. The van der Waals surface area contributed by atoms with Gasteiger partial charge in [-0.3, -0.25) is 4.79 Å². The summed E-state index contributed by atoms with van der Waals surface area (Å²) < 4.78 is 15.9. The number of nitrogens with zero attached hydrogens (tertiary/aromatic N) is 1. The first-order valence-electron chi connectivity index (χ1n) is 9.26. The smallest absolute Gasteiger partial charge is 0.260 e. The van der Waals surface area contributed by atoms with E-state index in [9.17, 15) is 9.90 Å².